The number of amides is 1. The molecule has 0 bridgehead atoms. The monoisotopic (exact) mass is 233 g/mol. The Hall–Kier alpha value is -1.84. The fourth-order valence-corrected chi connectivity index (χ4v) is 1.90. The highest BCUT2D eigenvalue weighted by atomic mass is 16.6. The second-order valence-corrected chi connectivity index (χ2v) is 4.26. The van der Waals surface area contributed by atoms with Gasteiger partial charge in [-0.1, -0.05) is 30.3 Å². The average Bonchev–Trinajstić information content (AvgIpc) is 2.67. The molecule has 1 amide bonds. The lowest BCUT2D eigenvalue weighted by Crippen LogP contribution is -2.34. The Bertz CT molecular complexity index is 416. The first-order valence-electron chi connectivity index (χ1n) is 5.66. The Labute approximate surface area is 100 Å². The second kappa shape index (κ2) is 4.99. The van der Waals surface area contributed by atoms with Gasteiger partial charge in [-0.15, -0.1) is 0 Å². The van der Waals surface area contributed by atoms with Gasteiger partial charge in [0.2, 0.25) is 0 Å². The van der Waals surface area contributed by atoms with Gasteiger partial charge in [-0.3, -0.25) is 9.69 Å². The summed E-state index contributed by atoms with van der Waals surface area (Å²) >= 11 is 0. The van der Waals surface area contributed by atoms with Crippen molar-refractivity contribution in [2.45, 2.75) is 26.0 Å². The lowest BCUT2D eigenvalue weighted by molar-refractivity contribution is -0.116. The molecule has 0 aliphatic carbocycles. The molecule has 1 aliphatic rings. The third kappa shape index (κ3) is 2.84. The van der Waals surface area contributed by atoms with Gasteiger partial charge in [-0.25, -0.2) is 4.79 Å². The molecule has 1 atom stereocenters. The molecule has 1 aliphatic heterocycles. The normalized spacial score (nSPS) is 19.5. The number of Topliss-reactive ketones (excluding diaryl/α,β-unsaturated/α-hetero) is 1. The molecule has 4 nitrogen and oxygen atoms in total. The van der Waals surface area contributed by atoms with Crippen LogP contribution in [-0.2, 0) is 16.1 Å². The molecule has 1 aromatic rings. The van der Waals surface area contributed by atoms with Crippen molar-refractivity contribution in [1.82, 2.24) is 4.90 Å². The number of rotatable bonds is 2. The first kappa shape index (κ1) is 11.6. The summed E-state index contributed by atoms with van der Waals surface area (Å²) in [7, 11) is 0. The van der Waals surface area contributed by atoms with Gasteiger partial charge in [0.1, 0.15) is 6.61 Å². The maximum Gasteiger partial charge on any atom is 0.410 e. The maximum absolute atomic E-state index is 11.7. The number of hydrogen-bond donors (Lipinski definition) is 0. The molecule has 2 rings (SSSR count). The van der Waals surface area contributed by atoms with E-state index in [1.807, 2.05) is 37.3 Å². The molecule has 17 heavy (non-hydrogen) atoms. The predicted octanol–water partition coefficient (Wildman–Crippen LogP) is 1.99. The summed E-state index contributed by atoms with van der Waals surface area (Å²) in [6.45, 7) is 2.28. The van der Waals surface area contributed by atoms with E-state index in [1.165, 1.54) is 4.90 Å². The van der Waals surface area contributed by atoms with E-state index in [9.17, 15) is 9.59 Å². The van der Waals surface area contributed by atoms with Gasteiger partial charge < -0.3 is 4.74 Å². The Morgan fingerprint density at radius 2 is 2.12 bits per heavy atom. The molecule has 90 valence electrons. The van der Waals surface area contributed by atoms with Gasteiger partial charge in [0.15, 0.2) is 5.78 Å². The van der Waals surface area contributed by atoms with Crippen molar-refractivity contribution in [3.8, 4) is 0 Å². The third-order valence-electron chi connectivity index (χ3n) is 2.84. The highest BCUT2D eigenvalue weighted by Gasteiger charge is 2.31. The minimum absolute atomic E-state index is 0.0502. The number of benzene rings is 1. The van der Waals surface area contributed by atoms with Crippen LogP contribution in [0.2, 0.25) is 0 Å². The van der Waals surface area contributed by atoms with E-state index >= 15 is 0 Å². The largest absolute Gasteiger partial charge is 0.445 e. The molecule has 0 saturated carbocycles. The van der Waals surface area contributed by atoms with Gasteiger partial charge in [-0.05, 0) is 12.5 Å². The molecule has 1 heterocycles. The zero-order valence-electron chi connectivity index (χ0n) is 9.76. The Kier molecular flexibility index (Phi) is 3.42. The fraction of sp³-hybridized carbons (Fsp3) is 0.385. The van der Waals surface area contributed by atoms with E-state index in [0.29, 0.717) is 6.42 Å². The number of ketones is 1. The topological polar surface area (TPSA) is 46.6 Å². The number of carbonyl (C=O) groups is 2. The van der Waals surface area contributed by atoms with Gasteiger partial charge >= 0.3 is 6.09 Å². The van der Waals surface area contributed by atoms with Crippen LogP contribution in [0, 0.1) is 0 Å². The minimum atomic E-state index is -0.410. The summed E-state index contributed by atoms with van der Waals surface area (Å²) in [6.07, 6.45) is 0.0210. The molecule has 1 fully saturated rings. The van der Waals surface area contributed by atoms with Crippen molar-refractivity contribution >= 4 is 11.9 Å². The molecular formula is C13H15NO3. The van der Waals surface area contributed by atoms with Crippen LogP contribution in [-0.4, -0.2) is 29.4 Å². The van der Waals surface area contributed by atoms with Crippen LogP contribution in [0.5, 0.6) is 0 Å². The quantitative estimate of drug-likeness (QED) is 0.784. The van der Waals surface area contributed by atoms with E-state index in [4.69, 9.17) is 4.74 Å². The molecule has 0 unspecified atom stereocenters. The first-order chi connectivity index (χ1) is 8.16. The average molecular weight is 233 g/mol. The third-order valence-corrected chi connectivity index (χ3v) is 2.84. The maximum atomic E-state index is 11.7. The standard InChI is InChI=1S/C13H15NO3/c1-10-7-12(15)8-14(10)13(16)17-9-11-5-3-2-4-6-11/h2-6,10H,7-9H2,1H3/t10-/m0/s1. The molecule has 4 heteroatoms. The molecule has 0 spiro atoms. The summed E-state index contributed by atoms with van der Waals surface area (Å²) < 4.78 is 5.17. The summed E-state index contributed by atoms with van der Waals surface area (Å²) in [5, 5.41) is 0. The van der Waals surface area contributed by atoms with Crippen LogP contribution < -0.4 is 0 Å². The molecule has 0 aromatic heterocycles. The summed E-state index contributed by atoms with van der Waals surface area (Å²) in [5.74, 6) is 0.0918. The summed E-state index contributed by atoms with van der Waals surface area (Å²) in [4.78, 5) is 24.4. The lowest BCUT2D eigenvalue weighted by Gasteiger charge is -2.19. The van der Waals surface area contributed by atoms with Gasteiger partial charge in [-0.2, -0.15) is 0 Å². The Morgan fingerprint density at radius 1 is 1.41 bits per heavy atom. The van der Waals surface area contributed by atoms with Crippen molar-refractivity contribution < 1.29 is 14.3 Å². The first-order valence-corrected chi connectivity index (χ1v) is 5.66. The molecule has 0 N–H and O–H groups in total. The summed E-state index contributed by atoms with van der Waals surface area (Å²) in [6, 6.07) is 9.44. The molecule has 0 radical (unpaired) electrons. The summed E-state index contributed by atoms with van der Waals surface area (Å²) in [5.41, 5.74) is 0.944. The van der Waals surface area contributed by atoms with Crippen molar-refractivity contribution in [2.24, 2.45) is 0 Å². The van der Waals surface area contributed by atoms with Crippen LogP contribution in [0.1, 0.15) is 18.9 Å². The fourth-order valence-electron chi connectivity index (χ4n) is 1.90. The van der Waals surface area contributed by atoms with Crippen molar-refractivity contribution in [1.29, 1.82) is 0 Å². The molecule has 1 aromatic carbocycles. The van der Waals surface area contributed by atoms with Crippen LogP contribution in [0.4, 0.5) is 4.79 Å². The van der Waals surface area contributed by atoms with Crippen LogP contribution >= 0.6 is 0 Å². The van der Waals surface area contributed by atoms with E-state index in [2.05, 4.69) is 0 Å². The van der Waals surface area contributed by atoms with E-state index in [-0.39, 0.29) is 25.0 Å². The highest BCUT2D eigenvalue weighted by Crippen LogP contribution is 2.15. The smallest absolute Gasteiger partial charge is 0.410 e. The Morgan fingerprint density at radius 3 is 2.71 bits per heavy atom. The predicted molar refractivity (Wildman–Crippen MR) is 62.4 cm³/mol. The Balaban J connectivity index is 1.88. The van der Waals surface area contributed by atoms with E-state index in [1.54, 1.807) is 0 Å². The second-order valence-electron chi connectivity index (χ2n) is 4.26. The van der Waals surface area contributed by atoms with E-state index in [0.717, 1.165) is 5.56 Å². The van der Waals surface area contributed by atoms with Gasteiger partial charge in [0.25, 0.3) is 0 Å². The number of carbonyl (C=O) groups excluding carboxylic acids is 2. The van der Waals surface area contributed by atoms with Gasteiger partial charge in [0.05, 0.1) is 6.54 Å². The zero-order chi connectivity index (χ0) is 12.3. The van der Waals surface area contributed by atoms with E-state index < -0.39 is 6.09 Å². The highest BCUT2D eigenvalue weighted by molar-refractivity contribution is 5.88. The van der Waals surface area contributed by atoms with Crippen molar-refractivity contribution in [2.75, 3.05) is 6.54 Å². The number of ether oxygens (including phenoxy) is 1. The van der Waals surface area contributed by atoms with Crippen molar-refractivity contribution in [3.63, 3.8) is 0 Å². The number of nitrogens with zero attached hydrogens (tertiary/aromatic N) is 1. The SMILES string of the molecule is C[C@H]1CC(=O)CN1C(=O)OCc1ccccc1. The number of hydrogen-bond acceptors (Lipinski definition) is 3. The van der Waals surface area contributed by atoms with Gasteiger partial charge in [0, 0.05) is 12.5 Å². The van der Waals surface area contributed by atoms with Crippen LogP contribution in [0.15, 0.2) is 30.3 Å². The van der Waals surface area contributed by atoms with Crippen LogP contribution in [0.25, 0.3) is 0 Å². The number of likely N-dealkylation sites (tertiary alicyclic amines) is 1. The van der Waals surface area contributed by atoms with Crippen molar-refractivity contribution in [3.05, 3.63) is 35.9 Å². The molecule has 1 saturated heterocycles. The molecular weight excluding hydrogens is 218 g/mol. The zero-order valence-corrected chi connectivity index (χ0v) is 9.76. The minimum Gasteiger partial charge on any atom is -0.445 e. The lowest BCUT2D eigenvalue weighted by atomic mass is 10.2. The van der Waals surface area contributed by atoms with Crippen LogP contribution in [0.3, 0.4) is 0 Å².